The second-order valence-electron chi connectivity index (χ2n) is 4.77. The van der Waals surface area contributed by atoms with Crippen LogP contribution >= 0.6 is 0 Å². The van der Waals surface area contributed by atoms with E-state index in [1.54, 1.807) is 24.5 Å². The Hall–Kier alpha value is -2.30. The quantitative estimate of drug-likeness (QED) is 0.733. The van der Waals surface area contributed by atoms with Gasteiger partial charge in [0.1, 0.15) is 11.6 Å². The van der Waals surface area contributed by atoms with Crippen molar-refractivity contribution in [3.8, 4) is 5.75 Å². The van der Waals surface area contributed by atoms with E-state index in [1.165, 1.54) is 0 Å². The van der Waals surface area contributed by atoms with E-state index >= 15 is 0 Å². The maximum absolute atomic E-state index is 12.0. The number of imidazole rings is 1. The molecule has 0 saturated carbocycles. The Bertz CT molecular complexity index is 535. The van der Waals surface area contributed by atoms with E-state index < -0.39 is 0 Å². The molecule has 1 aromatic heterocycles. The van der Waals surface area contributed by atoms with E-state index in [1.807, 2.05) is 12.1 Å². The molecule has 5 nitrogen and oxygen atoms in total. The van der Waals surface area contributed by atoms with Crippen LogP contribution in [0.3, 0.4) is 0 Å². The SMILES string of the molecule is CCCOc1ccc(C(=O)NCCCc2ncc[nH]2)cc1. The maximum Gasteiger partial charge on any atom is 0.251 e. The lowest BCUT2D eigenvalue weighted by Crippen LogP contribution is -2.24. The minimum atomic E-state index is -0.0588. The standard InChI is InChI=1S/C16H21N3O2/c1-2-12-21-14-7-5-13(6-8-14)16(20)19-9-3-4-15-17-10-11-18-15/h5-8,10-11H,2-4,9,12H2,1H3,(H,17,18)(H,19,20). The third-order valence-electron chi connectivity index (χ3n) is 3.02. The normalized spacial score (nSPS) is 10.3. The van der Waals surface area contributed by atoms with E-state index in [9.17, 15) is 4.79 Å². The van der Waals surface area contributed by atoms with Gasteiger partial charge in [0.15, 0.2) is 0 Å². The molecule has 0 fully saturated rings. The van der Waals surface area contributed by atoms with Crippen LogP contribution in [0.5, 0.6) is 5.75 Å². The summed E-state index contributed by atoms with van der Waals surface area (Å²) in [4.78, 5) is 19.1. The number of hydrogen-bond donors (Lipinski definition) is 2. The van der Waals surface area contributed by atoms with Crippen molar-refractivity contribution in [2.75, 3.05) is 13.2 Å². The molecule has 2 aromatic rings. The molecule has 0 saturated heterocycles. The predicted molar refractivity (Wildman–Crippen MR) is 81.5 cm³/mol. The second-order valence-corrected chi connectivity index (χ2v) is 4.77. The van der Waals surface area contributed by atoms with Crippen LogP contribution in [0.4, 0.5) is 0 Å². The van der Waals surface area contributed by atoms with E-state index in [-0.39, 0.29) is 5.91 Å². The van der Waals surface area contributed by atoms with Crippen LogP contribution in [0.2, 0.25) is 0 Å². The number of hydrogen-bond acceptors (Lipinski definition) is 3. The first-order chi connectivity index (χ1) is 10.3. The summed E-state index contributed by atoms with van der Waals surface area (Å²) >= 11 is 0. The van der Waals surface area contributed by atoms with Crippen LogP contribution in [0.15, 0.2) is 36.7 Å². The molecular formula is C16H21N3O2. The molecule has 2 N–H and O–H groups in total. The first kappa shape index (κ1) is 15.1. The zero-order valence-corrected chi connectivity index (χ0v) is 12.3. The minimum absolute atomic E-state index is 0.0588. The number of amides is 1. The first-order valence-electron chi connectivity index (χ1n) is 7.29. The second kappa shape index (κ2) is 8.09. The van der Waals surface area contributed by atoms with Crippen LogP contribution in [0, 0.1) is 0 Å². The lowest BCUT2D eigenvalue weighted by atomic mass is 10.2. The summed E-state index contributed by atoms with van der Waals surface area (Å²) in [5.74, 6) is 1.68. The van der Waals surface area contributed by atoms with E-state index in [2.05, 4.69) is 22.2 Å². The molecule has 0 unspecified atom stereocenters. The summed E-state index contributed by atoms with van der Waals surface area (Å²) in [5.41, 5.74) is 0.650. The Balaban J connectivity index is 1.72. The number of aryl methyl sites for hydroxylation is 1. The molecule has 0 bridgehead atoms. The lowest BCUT2D eigenvalue weighted by molar-refractivity contribution is 0.0953. The van der Waals surface area contributed by atoms with Gasteiger partial charge in [-0.1, -0.05) is 6.92 Å². The van der Waals surface area contributed by atoms with Gasteiger partial charge in [-0.25, -0.2) is 4.98 Å². The number of nitrogens with one attached hydrogen (secondary N) is 2. The number of H-pyrrole nitrogens is 1. The Kier molecular flexibility index (Phi) is 5.82. The van der Waals surface area contributed by atoms with Crippen molar-refractivity contribution >= 4 is 5.91 Å². The largest absolute Gasteiger partial charge is 0.494 e. The molecule has 5 heteroatoms. The summed E-state index contributed by atoms with van der Waals surface area (Å²) in [5, 5.41) is 2.90. The van der Waals surface area contributed by atoms with Crippen LogP contribution in [0.1, 0.15) is 35.9 Å². The van der Waals surface area contributed by atoms with Gasteiger partial charge in [-0.15, -0.1) is 0 Å². The Labute approximate surface area is 124 Å². The van der Waals surface area contributed by atoms with E-state index in [4.69, 9.17) is 4.74 Å². The molecule has 0 aliphatic rings. The molecular weight excluding hydrogens is 266 g/mol. The summed E-state index contributed by atoms with van der Waals surface area (Å²) in [6.45, 7) is 3.39. The average molecular weight is 287 g/mol. The molecule has 1 heterocycles. The summed E-state index contributed by atoms with van der Waals surface area (Å²) in [6.07, 6.45) is 6.19. The van der Waals surface area contributed by atoms with Gasteiger partial charge in [-0.2, -0.15) is 0 Å². The van der Waals surface area contributed by atoms with Crippen LogP contribution < -0.4 is 10.1 Å². The van der Waals surface area contributed by atoms with Crippen molar-refractivity contribution in [1.82, 2.24) is 15.3 Å². The first-order valence-corrected chi connectivity index (χ1v) is 7.29. The Morgan fingerprint density at radius 3 is 2.81 bits per heavy atom. The average Bonchev–Trinajstić information content (AvgIpc) is 3.03. The van der Waals surface area contributed by atoms with Crippen molar-refractivity contribution in [2.45, 2.75) is 26.2 Å². The molecule has 0 aliphatic carbocycles. The number of carbonyl (C=O) groups excluding carboxylic acids is 1. The van der Waals surface area contributed by atoms with Crippen molar-refractivity contribution in [3.63, 3.8) is 0 Å². The number of carbonyl (C=O) groups is 1. The minimum Gasteiger partial charge on any atom is -0.494 e. The predicted octanol–water partition coefficient (Wildman–Crippen LogP) is 2.56. The molecule has 0 atom stereocenters. The molecule has 0 radical (unpaired) electrons. The highest BCUT2D eigenvalue weighted by molar-refractivity contribution is 5.94. The molecule has 0 spiro atoms. The highest BCUT2D eigenvalue weighted by Gasteiger charge is 2.05. The Morgan fingerprint density at radius 2 is 2.14 bits per heavy atom. The van der Waals surface area contributed by atoms with Gasteiger partial charge in [-0.3, -0.25) is 4.79 Å². The summed E-state index contributed by atoms with van der Waals surface area (Å²) in [6, 6.07) is 7.22. The molecule has 21 heavy (non-hydrogen) atoms. The fourth-order valence-electron chi connectivity index (χ4n) is 1.92. The number of aromatic amines is 1. The number of benzene rings is 1. The maximum atomic E-state index is 12.0. The number of rotatable bonds is 8. The van der Waals surface area contributed by atoms with Crippen molar-refractivity contribution in [2.24, 2.45) is 0 Å². The number of aromatic nitrogens is 2. The van der Waals surface area contributed by atoms with Crippen molar-refractivity contribution in [1.29, 1.82) is 0 Å². The molecule has 112 valence electrons. The lowest BCUT2D eigenvalue weighted by Gasteiger charge is -2.07. The summed E-state index contributed by atoms with van der Waals surface area (Å²) in [7, 11) is 0. The third-order valence-corrected chi connectivity index (χ3v) is 3.02. The van der Waals surface area contributed by atoms with Gasteiger partial charge >= 0.3 is 0 Å². The van der Waals surface area contributed by atoms with Gasteiger partial charge in [0.2, 0.25) is 0 Å². The number of nitrogens with zero attached hydrogens (tertiary/aromatic N) is 1. The highest BCUT2D eigenvalue weighted by atomic mass is 16.5. The molecule has 1 aromatic carbocycles. The van der Waals surface area contributed by atoms with Crippen LogP contribution in [-0.2, 0) is 6.42 Å². The van der Waals surface area contributed by atoms with E-state index in [0.717, 1.165) is 30.8 Å². The topological polar surface area (TPSA) is 67.0 Å². The zero-order valence-electron chi connectivity index (χ0n) is 12.3. The molecule has 1 amide bonds. The molecule has 2 rings (SSSR count). The summed E-state index contributed by atoms with van der Waals surface area (Å²) < 4.78 is 5.49. The van der Waals surface area contributed by atoms with Gasteiger partial charge in [-0.05, 0) is 37.1 Å². The molecule has 0 aliphatic heterocycles. The smallest absolute Gasteiger partial charge is 0.251 e. The van der Waals surface area contributed by atoms with Crippen molar-refractivity contribution < 1.29 is 9.53 Å². The zero-order chi connectivity index (χ0) is 14.9. The van der Waals surface area contributed by atoms with Crippen molar-refractivity contribution in [3.05, 3.63) is 48.0 Å². The van der Waals surface area contributed by atoms with E-state index in [0.29, 0.717) is 18.7 Å². The van der Waals surface area contributed by atoms with Crippen LogP contribution in [0.25, 0.3) is 0 Å². The number of ether oxygens (including phenoxy) is 1. The third kappa shape index (κ3) is 4.95. The highest BCUT2D eigenvalue weighted by Crippen LogP contribution is 2.12. The van der Waals surface area contributed by atoms with Gasteiger partial charge < -0.3 is 15.0 Å². The van der Waals surface area contributed by atoms with Gasteiger partial charge in [0.05, 0.1) is 6.61 Å². The van der Waals surface area contributed by atoms with Gasteiger partial charge in [0, 0.05) is 30.9 Å². The Morgan fingerprint density at radius 1 is 1.33 bits per heavy atom. The van der Waals surface area contributed by atoms with Crippen LogP contribution in [-0.4, -0.2) is 29.0 Å². The van der Waals surface area contributed by atoms with Gasteiger partial charge in [0.25, 0.3) is 5.91 Å². The fraction of sp³-hybridized carbons (Fsp3) is 0.375. The fourth-order valence-corrected chi connectivity index (χ4v) is 1.92. The monoisotopic (exact) mass is 287 g/mol.